The molecule has 35 heavy (non-hydrogen) atoms. The van der Waals surface area contributed by atoms with Crippen molar-refractivity contribution in [2.75, 3.05) is 33.2 Å². The van der Waals surface area contributed by atoms with Crippen molar-refractivity contribution in [1.82, 2.24) is 5.10 Å². The van der Waals surface area contributed by atoms with Gasteiger partial charge in [0.2, 0.25) is 5.58 Å². The number of anilines is 1. The Kier molecular flexibility index (Phi) is 5.63. The first-order valence-electron chi connectivity index (χ1n) is 11.2. The van der Waals surface area contributed by atoms with Gasteiger partial charge in [0.25, 0.3) is 0 Å². The molecule has 0 fully saturated rings. The Labute approximate surface area is 208 Å². The van der Waals surface area contributed by atoms with Crippen molar-refractivity contribution < 1.29 is 40.5 Å². The molecule has 9 heteroatoms. The van der Waals surface area contributed by atoms with Crippen molar-refractivity contribution >= 4 is 27.8 Å². The van der Waals surface area contributed by atoms with Gasteiger partial charge in [-0.15, -0.1) is 4.68 Å². The second kappa shape index (κ2) is 8.53. The van der Waals surface area contributed by atoms with Crippen molar-refractivity contribution in [2.45, 2.75) is 26.0 Å². The zero-order valence-corrected chi connectivity index (χ0v) is 20.8. The SMILES string of the molecule is C=C(C)[C@H]1Cc2c(ccc(-c3n[n+]4c(c5oc6cc(OC)c(OC)cc6c35)NCC4)c2OC)O1.[Cl-]. The van der Waals surface area contributed by atoms with Crippen molar-refractivity contribution in [2.24, 2.45) is 0 Å². The van der Waals surface area contributed by atoms with Crippen molar-refractivity contribution in [3.63, 3.8) is 0 Å². The van der Waals surface area contributed by atoms with Crippen molar-refractivity contribution in [3.05, 3.63) is 42.0 Å². The molecule has 6 rings (SSSR count). The number of benzene rings is 2. The van der Waals surface area contributed by atoms with Crippen LogP contribution in [0.1, 0.15) is 12.5 Å². The number of rotatable bonds is 5. The molecule has 0 bridgehead atoms. The van der Waals surface area contributed by atoms with Crippen LogP contribution in [0.4, 0.5) is 5.82 Å². The highest BCUT2D eigenvalue weighted by atomic mass is 35.5. The van der Waals surface area contributed by atoms with Crippen LogP contribution >= 0.6 is 0 Å². The molecule has 4 heterocycles. The minimum atomic E-state index is -0.0581. The van der Waals surface area contributed by atoms with Gasteiger partial charge in [0.15, 0.2) is 18.0 Å². The lowest BCUT2D eigenvalue weighted by atomic mass is 9.98. The fraction of sp³-hybridized carbons (Fsp3) is 0.308. The summed E-state index contributed by atoms with van der Waals surface area (Å²) in [4.78, 5) is 0. The summed E-state index contributed by atoms with van der Waals surface area (Å²) in [5.74, 6) is 3.68. The molecule has 0 saturated heterocycles. The molecule has 4 aromatic rings. The van der Waals surface area contributed by atoms with Gasteiger partial charge in [-0.25, -0.2) is 0 Å². The van der Waals surface area contributed by atoms with Crippen LogP contribution in [0, 0.1) is 0 Å². The Morgan fingerprint density at radius 3 is 2.63 bits per heavy atom. The lowest BCUT2D eigenvalue weighted by Crippen LogP contribution is -3.00. The highest BCUT2D eigenvalue weighted by Gasteiger charge is 2.34. The lowest BCUT2D eigenvalue weighted by molar-refractivity contribution is -0.727. The maximum atomic E-state index is 6.38. The summed E-state index contributed by atoms with van der Waals surface area (Å²) >= 11 is 0. The van der Waals surface area contributed by atoms with Gasteiger partial charge in [0, 0.05) is 29.0 Å². The minimum absolute atomic E-state index is 0. The third kappa shape index (κ3) is 3.35. The molecule has 1 N–H and O–H groups in total. The average Bonchev–Trinajstić information content (AvgIpc) is 3.57. The predicted octanol–water partition coefficient (Wildman–Crippen LogP) is 1.27. The number of aromatic nitrogens is 2. The summed E-state index contributed by atoms with van der Waals surface area (Å²) in [6, 6.07) is 7.80. The first-order chi connectivity index (χ1) is 16.5. The number of hydrogen-bond donors (Lipinski definition) is 1. The Morgan fingerprint density at radius 2 is 1.91 bits per heavy atom. The topological polar surface area (TPSA) is 78.9 Å². The molecule has 2 aromatic heterocycles. The zero-order valence-electron chi connectivity index (χ0n) is 20.0. The van der Waals surface area contributed by atoms with E-state index in [1.165, 1.54) is 0 Å². The standard InChI is InChI=1S/C26H25N3O5.ClH/c1-13(2)18-11-16-17(33-18)7-6-14(24(16)32-5)23-22-15-10-20(30-3)21(31-4)12-19(15)34-25(22)26-27-8-9-29(26)28-23;/h6-7,10,12,18H,1,8-9,11H2,2-5H3;1H/t18-;/m1./s1. The molecule has 0 aliphatic carbocycles. The summed E-state index contributed by atoms with van der Waals surface area (Å²) in [5, 5.41) is 10.2. The largest absolute Gasteiger partial charge is 1.00 e. The second-order valence-electron chi connectivity index (χ2n) is 8.64. The predicted molar refractivity (Wildman–Crippen MR) is 128 cm³/mol. The van der Waals surface area contributed by atoms with E-state index in [1.54, 1.807) is 21.3 Å². The van der Waals surface area contributed by atoms with Crippen LogP contribution < -0.4 is 41.4 Å². The van der Waals surface area contributed by atoms with Gasteiger partial charge in [0.05, 0.1) is 26.7 Å². The average molecular weight is 496 g/mol. The number of ether oxygens (including phenoxy) is 4. The highest BCUT2D eigenvalue weighted by molar-refractivity contribution is 6.14. The number of methoxy groups -OCH3 is 3. The van der Waals surface area contributed by atoms with E-state index in [4.69, 9.17) is 28.5 Å². The van der Waals surface area contributed by atoms with Crippen LogP contribution in [-0.4, -0.2) is 39.1 Å². The molecule has 0 saturated carbocycles. The first kappa shape index (κ1) is 23.1. The van der Waals surface area contributed by atoms with Crippen molar-refractivity contribution in [1.29, 1.82) is 0 Å². The molecule has 0 spiro atoms. The molecular formula is C26H26ClN3O5. The maximum Gasteiger partial charge on any atom is 0.339 e. The summed E-state index contributed by atoms with van der Waals surface area (Å²) < 4.78 is 31.5. The molecule has 2 aliphatic rings. The number of nitrogens with zero attached hydrogens (tertiary/aromatic N) is 2. The van der Waals surface area contributed by atoms with E-state index in [1.807, 2.05) is 35.9 Å². The number of nitrogens with one attached hydrogen (secondary N) is 1. The van der Waals surface area contributed by atoms with Crippen LogP contribution in [0.15, 0.2) is 40.8 Å². The third-order valence-electron chi connectivity index (χ3n) is 6.63. The van der Waals surface area contributed by atoms with Gasteiger partial charge >= 0.3 is 5.82 Å². The van der Waals surface area contributed by atoms with E-state index < -0.39 is 0 Å². The van der Waals surface area contributed by atoms with Crippen LogP contribution in [0.5, 0.6) is 23.0 Å². The fourth-order valence-corrected chi connectivity index (χ4v) is 4.95. The lowest BCUT2D eigenvalue weighted by Gasteiger charge is -2.12. The van der Waals surface area contributed by atoms with E-state index in [9.17, 15) is 0 Å². The first-order valence-corrected chi connectivity index (χ1v) is 11.2. The van der Waals surface area contributed by atoms with E-state index in [0.717, 1.165) is 69.2 Å². The van der Waals surface area contributed by atoms with Gasteiger partial charge < -0.3 is 35.8 Å². The molecular weight excluding hydrogens is 470 g/mol. The Balaban J connectivity index is 0.00000253. The van der Waals surface area contributed by atoms with Crippen LogP contribution in [0.25, 0.3) is 33.2 Å². The fourth-order valence-electron chi connectivity index (χ4n) is 4.95. The number of halogens is 1. The van der Waals surface area contributed by atoms with Crippen molar-refractivity contribution in [3.8, 4) is 34.3 Å². The summed E-state index contributed by atoms with van der Waals surface area (Å²) in [6.45, 7) is 7.58. The monoisotopic (exact) mass is 495 g/mol. The molecule has 0 radical (unpaired) electrons. The normalized spacial score (nSPS) is 15.7. The number of fused-ring (bicyclic) bond motifs is 6. The third-order valence-corrected chi connectivity index (χ3v) is 6.63. The van der Waals surface area contributed by atoms with E-state index >= 15 is 0 Å². The molecule has 0 unspecified atom stereocenters. The maximum absolute atomic E-state index is 6.38. The van der Waals surface area contributed by atoms with Gasteiger partial charge in [-0.3, -0.25) is 5.32 Å². The smallest absolute Gasteiger partial charge is 0.339 e. The zero-order chi connectivity index (χ0) is 23.6. The molecule has 182 valence electrons. The summed E-state index contributed by atoms with van der Waals surface area (Å²) in [5.41, 5.74) is 5.12. The van der Waals surface area contributed by atoms with Gasteiger partial charge in [-0.05, 0) is 30.7 Å². The van der Waals surface area contributed by atoms with Crippen LogP contribution in [-0.2, 0) is 13.0 Å². The Bertz CT molecular complexity index is 1500. The minimum Gasteiger partial charge on any atom is -1.00 e. The number of hydrogen-bond acceptors (Lipinski definition) is 7. The van der Waals surface area contributed by atoms with Crippen LogP contribution in [0.3, 0.4) is 0 Å². The van der Waals surface area contributed by atoms with Crippen LogP contribution in [0.2, 0.25) is 0 Å². The quantitative estimate of drug-likeness (QED) is 0.330. The Hall–Kier alpha value is -3.65. The second-order valence-corrected chi connectivity index (χ2v) is 8.64. The van der Waals surface area contributed by atoms with E-state index in [-0.39, 0.29) is 18.5 Å². The van der Waals surface area contributed by atoms with Gasteiger partial charge in [-0.2, -0.15) is 0 Å². The Morgan fingerprint density at radius 1 is 1.14 bits per heavy atom. The van der Waals surface area contributed by atoms with Gasteiger partial charge in [0.1, 0.15) is 35.4 Å². The summed E-state index contributed by atoms with van der Waals surface area (Å²) in [7, 11) is 4.93. The van der Waals surface area contributed by atoms with Gasteiger partial charge in [-0.1, -0.05) is 11.7 Å². The van der Waals surface area contributed by atoms with E-state index in [2.05, 4.69) is 11.9 Å². The molecule has 2 aromatic carbocycles. The molecule has 2 aliphatic heterocycles. The number of furan rings is 1. The molecule has 0 amide bonds. The molecule has 8 nitrogen and oxygen atoms in total. The molecule has 1 atom stereocenters. The highest BCUT2D eigenvalue weighted by Crippen LogP contribution is 2.47. The van der Waals surface area contributed by atoms with E-state index in [0.29, 0.717) is 23.5 Å². The summed E-state index contributed by atoms with van der Waals surface area (Å²) in [6.07, 6.45) is 0.652.